The zero-order valence-corrected chi connectivity index (χ0v) is 9.63. The molecule has 0 saturated carbocycles. The molecule has 0 unspecified atom stereocenters. The molecule has 0 fully saturated rings. The average molecular weight is 243 g/mol. The molecule has 0 saturated heterocycles. The molecule has 0 aliphatic carbocycles. The van der Waals surface area contributed by atoms with Crippen LogP contribution in [0, 0.1) is 5.41 Å². The fourth-order valence-electron chi connectivity index (χ4n) is 1.21. The number of hydrogen-bond donors (Lipinski definition) is 1. The molecule has 2 heteroatoms. The van der Waals surface area contributed by atoms with E-state index in [2.05, 4.69) is 29.8 Å². The van der Waals surface area contributed by atoms with Crippen molar-refractivity contribution in [2.45, 2.75) is 20.3 Å². The minimum Gasteiger partial charge on any atom is -0.508 e. The zero-order valence-electron chi connectivity index (χ0n) is 8.05. The highest BCUT2D eigenvalue weighted by Gasteiger charge is 2.16. The second-order valence-electron chi connectivity index (χ2n) is 4.14. The Morgan fingerprint density at radius 3 is 2.23 bits per heavy atom. The van der Waals surface area contributed by atoms with Gasteiger partial charge in [0.2, 0.25) is 0 Å². The third kappa shape index (κ3) is 3.39. The normalized spacial score (nSPS) is 11.6. The van der Waals surface area contributed by atoms with Gasteiger partial charge in [0.05, 0.1) is 0 Å². The maximum Gasteiger partial charge on any atom is 0.115 e. The molecule has 0 bridgehead atoms. The largest absolute Gasteiger partial charge is 0.508 e. The van der Waals surface area contributed by atoms with E-state index in [0.29, 0.717) is 5.75 Å². The van der Waals surface area contributed by atoms with E-state index >= 15 is 0 Å². The predicted octanol–water partition coefficient (Wildman–Crippen LogP) is 3.36. The highest BCUT2D eigenvalue weighted by Crippen LogP contribution is 2.24. The summed E-state index contributed by atoms with van der Waals surface area (Å²) >= 11 is 3.49. The van der Waals surface area contributed by atoms with E-state index in [-0.39, 0.29) is 5.41 Å². The molecular formula is C11H15BrO. The summed E-state index contributed by atoms with van der Waals surface area (Å²) in [4.78, 5) is 0. The van der Waals surface area contributed by atoms with Crippen LogP contribution in [0.2, 0.25) is 0 Å². The van der Waals surface area contributed by atoms with Gasteiger partial charge in [-0.25, -0.2) is 0 Å². The van der Waals surface area contributed by atoms with Gasteiger partial charge in [-0.2, -0.15) is 0 Å². The molecular weight excluding hydrogens is 228 g/mol. The van der Waals surface area contributed by atoms with E-state index in [9.17, 15) is 0 Å². The van der Waals surface area contributed by atoms with Gasteiger partial charge in [0, 0.05) is 5.33 Å². The van der Waals surface area contributed by atoms with E-state index in [1.165, 1.54) is 5.56 Å². The summed E-state index contributed by atoms with van der Waals surface area (Å²) in [5.74, 6) is 0.334. The van der Waals surface area contributed by atoms with Crippen molar-refractivity contribution >= 4 is 15.9 Å². The van der Waals surface area contributed by atoms with Crippen LogP contribution >= 0.6 is 15.9 Å². The van der Waals surface area contributed by atoms with Crippen molar-refractivity contribution in [3.8, 4) is 5.75 Å². The standard InChI is InChI=1S/C11H15BrO/c1-11(2,8-12)7-9-3-5-10(13)6-4-9/h3-6,13H,7-8H2,1-2H3. The first kappa shape index (κ1) is 10.6. The number of alkyl halides is 1. The molecule has 1 N–H and O–H groups in total. The van der Waals surface area contributed by atoms with Crippen LogP contribution in [-0.2, 0) is 6.42 Å². The van der Waals surface area contributed by atoms with Crippen LogP contribution in [-0.4, -0.2) is 10.4 Å². The Bertz CT molecular complexity index is 264. The highest BCUT2D eigenvalue weighted by atomic mass is 79.9. The lowest BCUT2D eigenvalue weighted by Gasteiger charge is -2.21. The van der Waals surface area contributed by atoms with Crippen molar-refractivity contribution < 1.29 is 5.11 Å². The van der Waals surface area contributed by atoms with Crippen molar-refractivity contribution in [1.82, 2.24) is 0 Å². The van der Waals surface area contributed by atoms with Gasteiger partial charge in [-0.3, -0.25) is 0 Å². The smallest absolute Gasteiger partial charge is 0.115 e. The predicted molar refractivity (Wildman–Crippen MR) is 59.4 cm³/mol. The Labute approximate surface area is 87.9 Å². The van der Waals surface area contributed by atoms with Gasteiger partial charge < -0.3 is 5.11 Å². The molecule has 0 atom stereocenters. The first-order valence-corrected chi connectivity index (χ1v) is 5.49. The fourth-order valence-corrected chi connectivity index (χ4v) is 1.41. The van der Waals surface area contributed by atoms with Gasteiger partial charge in [0.1, 0.15) is 5.75 Å². The molecule has 0 aliphatic rings. The first-order valence-electron chi connectivity index (χ1n) is 4.37. The minimum atomic E-state index is 0.275. The SMILES string of the molecule is CC(C)(CBr)Cc1ccc(O)cc1. The molecule has 13 heavy (non-hydrogen) atoms. The lowest BCUT2D eigenvalue weighted by molar-refractivity contribution is 0.424. The maximum absolute atomic E-state index is 9.10. The molecule has 1 aromatic carbocycles. The molecule has 0 spiro atoms. The van der Waals surface area contributed by atoms with Crippen LogP contribution in [0.25, 0.3) is 0 Å². The van der Waals surface area contributed by atoms with Crippen LogP contribution in [0.4, 0.5) is 0 Å². The molecule has 0 heterocycles. The lowest BCUT2D eigenvalue weighted by atomic mass is 9.88. The summed E-state index contributed by atoms with van der Waals surface area (Å²) in [5, 5.41) is 10.1. The zero-order chi connectivity index (χ0) is 9.90. The molecule has 1 nitrogen and oxygen atoms in total. The number of aromatic hydroxyl groups is 1. The summed E-state index contributed by atoms with van der Waals surface area (Å²) in [6.45, 7) is 4.43. The van der Waals surface area contributed by atoms with Gasteiger partial charge in [-0.1, -0.05) is 41.9 Å². The maximum atomic E-state index is 9.10. The number of rotatable bonds is 3. The number of benzene rings is 1. The molecule has 1 aromatic rings. The second-order valence-corrected chi connectivity index (χ2v) is 4.70. The van der Waals surface area contributed by atoms with E-state index < -0.39 is 0 Å². The monoisotopic (exact) mass is 242 g/mol. The van der Waals surface area contributed by atoms with Crippen LogP contribution in [0.3, 0.4) is 0 Å². The van der Waals surface area contributed by atoms with E-state index in [0.717, 1.165) is 11.8 Å². The molecule has 0 radical (unpaired) electrons. The Hall–Kier alpha value is -0.500. The Balaban J connectivity index is 2.69. The topological polar surface area (TPSA) is 20.2 Å². The van der Waals surface area contributed by atoms with Crippen LogP contribution in [0.1, 0.15) is 19.4 Å². The molecule has 72 valence electrons. The van der Waals surface area contributed by atoms with Crippen molar-refractivity contribution in [2.24, 2.45) is 5.41 Å². The van der Waals surface area contributed by atoms with Gasteiger partial charge in [-0.15, -0.1) is 0 Å². The van der Waals surface area contributed by atoms with Crippen LogP contribution < -0.4 is 0 Å². The Morgan fingerprint density at radius 1 is 1.23 bits per heavy atom. The number of hydrogen-bond acceptors (Lipinski definition) is 1. The lowest BCUT2D eigenvalue weighted by Crippen LogP contribution is -2.16. The van der Waals surface area contributed by atoms with Gasteiger partial charge in [-0.05, 0) is 29.5 Å². The molecule has 0 amide bonds. The number of phenolic OH excluding ortho intramolecular Hbond substituents is 1. The van der Waals surface area contributed by atoms with Gasteiger partial charge in [0.25, 0.3) is 0 Å². The minimum absolute atomic E-state index is 0.275. The van der Waals surface area contributed by atoms with Gasteiger partial charge >= 0.3 is 0 Å². The van der Waals surface area contributed by atoms with Crippen LogP contribution in [0.5, 0.6) is 5.75 Å². The highest BCUT2D eigenvalue weighted by molar-refractivity contribution is 9.09. The second kappa shape index (κ2) is 4.14. The summed E-state index contributed by atoms with van der Waals surface area (Å²) < 4.78 is 0. The summed E-state index contributed by atoms with van der Waals surface area (Å²) in [6.07, 6.45) is 1.03. The third-order valence-electron chi connectivity index (χ3n) is 1.98. The van der Waals surface area contributed by atoms with Gasteiger partial charge in [0.15, 0.2) is 0 Å². The summed E-state index contributed by atoms with van der Waals surface area (Å²) in [6, 6.07) is 7.42. The average Bonchev–Trinajstić information content (AvgIpc) is 2.09. The van der Waals surface area contributed by atoms with E-state index in [1.54, 1.807) is 12.1 Å². The molecule has 0 aromatic heterocycles. The summed E-state index contributed by atoms with van der Waals surface area (Å²) in [5.41, 5.74) is 1.54. The molecule has 0 aliphatic heterocycles. The molecule has 1 rings (SSSR count). The summed E-state index contributed by atoms with van der Waals surface area (Å²) in [7, 11) is 0. The fraction of sp³-hybridized carbons (Fsp3) is 0.455. The van der Waals surface area contributed by atoms with Crippen LogP contribution in [0.15, 0.2) is 24.3 Å². The van der Waals surface area contributed by atoms with Crippen molar-refractivity contribution in [1.29, 1.82) is 0 Å². The first-order chi connectivity index (χ1) is 6.03. The number of halogens is 1. The number of phenols is 1. The van der Waals surface area contributed by atoms with Crippen molar-refractivity contribution in [3.05, 3.63) is 29.8 Å². The quantitative estimate of drug-likeness (QED) is 0.807. The van der Waals surface area contributed by atoms with Crippen molar-refractivity contribution in [2.75, 3.05) is 5.33 Å². The Morgan fingerprint density at radius 2 is 1.77 bits per heavy atom. The van der Waals surface area contributed by atoms with E-state index in [1.807, 2.05) is 12.1 Å². The Kier molecular flexibility index (Phi) is 3.37. The van der Waals surface area contributed by atoms with E-state index in [4.69, 9.17) is 5.11 Å². The third-order valence-corrected chi connectivity index (χ3v) is 3.50. The van der Waals surface area contributed by atoms with Crippen molar-refractivity contribution in [3.63, 3.8) is 0 Å².